The average Bonchev–Trinajstić information content (AvgIpc) is 1.64. The maximum atomic E-state index is 9.81. The van der Waals surface area contributed by atoms with Gasteiger partial charge in [0.15, 0.2) is 5.03 Å². The first-order valence-corrected chi connectivity index (χ1v) is 1.92. The largest absolute Gasteiger partial charge is 0.357 e. The summed E-state index contributed by atoms with van der Waals surface area (Å²) >= 11 is 3.05. The average molecular weight is 137 g/mol. The summed E-state index contributed by atoms with van der Waals surface area (Å²) in [6.07, 6.45) is 0. The van der Waals surface area contributed by atoms with Gasteiger partial charge in [0.05, 0.1) is 0 Å². The Morgan fingerprint density at radius 2 is 2.25 bits per heavy atom. The van der Waals surface area contributed by atoms with Gasteiger partial charge in [-0.05, 0) is 0 Å². The van der Waals surface area contributed by atoms with Crippen molar-refractivity contribution in [3.63, 3.8) is 0 Å². The third-order valence-electron chi connectivity index (χ3n) is 0.372. The predicted octanol–water partition coefficient (Wildman–Crippen LogP) is -0.596. The Hall–Kier alpha value is -0.820. The number of hydrogen-bond acceptors (Lipinski definition) is 4. The summed E-state index contributed by atoms with van der Waals surface area (Å²) in [5, 5.41) is 7.08. The topological polar surface area (TPSA) is 89.5 Å². The van der Waals surface area contributed by atoms with Crippen molar-refractivity contribution in [2.45, 2.75) is 0 Å². The Morgan fingerprint density at radius 1 is 1.88 bits per heavy atom. The number of thiol groups is 1. The molecule has 0 unspecified atom stereocenters. The summed E-state index contributed by atoms with van der Waals surface area (Å²) in [4.78, 5) is 19.3. The molecule has 0 aliphatic carbocycles. The first-order valence-electron chi connectivity index (χ1n) is 1.47. The number of carbonyl (C=O) groups excluding carboxylic acids is 1. The molecule has 0 bridgehead atoms. The van der Waals surface area contributed by atoms with E-state index in [1.165, 1.54) is 0 Å². The van der Waals surface area contributed by atoms with E-state index in [0.717, 1.165) is 0 Å². The molecule has 8 heavy (non-hydrogen) atoms. The molecular weight excluding hydrogens is 134 g/mol. The molecule has 0 radical (unpaired) electrons. The van der Waals surface area contributed by atoms with Crippen LogP contribution in [0.3, 0.4) is 0 Å². The fourth-order valence-electron chi connectivity index (χ4n) is 0.0698. The Kier molecular flexibility index (Phi) is 2.22. The van der Waals surface area contributed by atoms with Gasteiger partial charge < -0.3 is 0 Å². The van der Waals surface area contributed by atoms with Gasteiger partial charge in [0, 0.05) is 5.12 Å². The molecular formula is CH3N3O3S. The van der Waals surface area contributed by atoms with Crippen LogP contribution in [0.4, 0.5) is 4.79 Å². The molecule has 0 fully saturated rings. The van der Waals surface area contributed by atoms with Gasteiger partial charge in [-0.15, -0.1) is 0 Å². The minimum absolute atomic E-state index is 0.219. The molecule has 0 heterocycles. The first kappa shape index (κ1) is 7.18. The van der Waals surface area contributed by atoms with Gasteiger partial charge in [-0.3, -0.25) is 4.79 Å². The van der Waals surface area contributed by atoms with Crippen molar-refractivity contribution in [3.05, 3.63) is 10.1 Å². The molecule has 0 saturated carbocycles. The van der Waals surface area contributed by atoms with E-state index in [1.54, 1.807) is 0 Å². The van der Waals surface area contributed by atoms with Crippen LogP contribution in [0.25, 0.3) is 0 Å². The number of nitrogens with two attached hydrogens (primary N) is 1. The monoisotopic (exact) mass is 137 g/mol. The molecule has 0 atom stereocenters. The van der Waals surface area contributed by atoms with Gasteiger partial charge in [0.25, 0.3) is 0 Å². The standard InChI is InChI=1S/CH3N3O3S/c2-3(1(5)8)4(6)7/h2H2,(H,5,8). The molecule has 6 nitrogen and oxygen atoms in total. The smallest absolute Gasteiger partial charge is 0.254 e. The van der Waals surface area contributed by atoms with Crippen LogP contribution in [-0.2, 0) is 0 Å². The molecule has 0 aromatic carbocycles. The lowest BCUT2D eigenvalue weighted by molar-refractivity contribution is -0.633. The van der Waals surface area contributed by atoms with Crippen molar-refractivity contribution in [1.29, 1.82) is 0 Å². The summed E-state index contributed by atoms with van der Waals surface area (Å²) in [5.74, 6) is 4.47. The van der Waals surface area contributed by atoms with E-state index in [9.17, 15) is 14.9 Å². The molecule has 0 aliphatic rings. The fraction of sp³-hybridized carbons (Fsp3) is 0. The zero-order valence-corrected chi connectivity index (χ0v) is 4.54. The van der Waals surface area contributed by atoms with Crippen LogP contribution >= 0.6 is 12.6 Å². The second-order valence-electron chi connectivity index (χ2n) is 0.865. The van der Waals surface area contributed by atoms with Gasteiger partial charge in [0.2, 0.25) is 0 Å². The molecule has 0 aliphatic heterocycles. The summed E-state index contributed by atoms with van der Waals surface area (Å²) in [6.45, 7) is 0. The summed E-state index contributed by atoms with van der Waals surface area (Å²) in [5.41, 5.74) is 0. The molecule has 1 amide bonds. The highest BCUT2D eigenvalue weighted by molar-refractivity contribution is 7.96. The number of nitro groups is 1. The zero-order chi connectivity index (χ0) is 6.73. The quantitative estimate of drug-likeness (QED) is 0.166. The van der Waals surface area contributed by atoms with Gasteiger partial charge in [-0.2, -0.15) is 5.84 Å². The molecule has 0 aromatic rings. The van der Waals surface area contributed by atoms with E-state index < -0.39 is 10.3 Å². The van der Waals surface area contributed by atoms with Crippen molar-refractivity contribution >= 4 is 17.9 Å². The predicted molar refractivity (Wildman–Crippen MR) is 27.4 cm³/mol. The van der Waals surface area contributed by atoms with Crippen LogP contribution < -0.4 is 5.84 Å². The number of nitrogens with zero attached hydrogens (tertiary/aromatic N) is 2. The Bertz CT molecular complexity index is 110. The van der Waals surface area contributed by atoms with Gasteiger partial charge in [-0.25, -0.2) is 10.1 Å². The third-order valence-corrected chi connectivity index (χ3v) is 0.577. The molecule has 0 aromatic heterocycles. The number of hydrazine groups is 2. The van der Waals surface area contributed by atoms with E-state index >= 15 is 0 Å². The fourth-order valence-corrected chi connectivity index (χ4v) is 0.143. The van der Waals surface area contributed by atoms with E-state index in [-0.39, 0.29) is 5.12 Å². The second-order valence-corrected chi connectivity index (χ2v) is 1.25. The maximum absolute atomic E-state index is 9.81. The van der Waals surface area contributed by atoms with Gasteiger partial charge >= 0.3 is 5.24 Å². The Balaban J connectivity index is 3.83. The maximum Gasteiger partial charge on any atom is 0.357 e. The lowest BCUT2D eigenvalue weighted by Gasteiger charge is -1.97. The number of hydrogen-bond donors (Lipinski definition) is 2. The highest BCUT2D eigenvalue weighted by Crippen LogP contribution is 1.85. The molecule has 7 heteroatoms. The van der Waals surface area contributed by atoms with E-state index in [0.29, 0.717) is 0 Å². The first-order chi connectivity index (χ1) is 3.55. The number of carbonyl (C=O) groups is 1. The van der Waals surface area contributed by atoms with Gasteiger partial charge in [0.1, 0.15) is 0 Å². The minimum atomic E-state index is -1.10. The third kappa shape index (κ3) is 1.76. The van der Waals surface area contributed by atoms with Crippen LogP contribution in [-0.4, -0.2) is 15.4 Å². The lowest BCUT2D eigenvalue weighted by Crippen LogP contribution is -2.38. The molecule has 0 rings (SSSR count). The van der Waals surface area contributed by atoms with Crippen molar-refractivity contribution in [3.8, 4) is 0 Å². The van der Waals surface area contributed by atoms with E-state index in [4.69, 9.17) is 0 Å². The van der Waals surface area contributed by atoms with Crippen LogP contribution in [0.1, 0.15) is 0 Å². The van der Waals surface area contributed by atoms with Crippen LogP contribution in [0.2, 0.25) is 0 Å². The Morgan fingerprint density at radius 3 is 2.25 bits per heavy atom. The number of amides is 1. The summed E-state index contributed by atoms with van der Waals surface area (Å²) in [7, 11) is 0. The van der Waals surface area contributed by atoms with E-state index in [1.807, 2.05) is 0 Å². The van der Waals surface area contributed by atoms with Crippen molar-refractivity contribution in [1.82, 2.24) is 5.12 Å². The minimum Gasteiger partial charge on any atom is -0.254 e. The molecule has 2 N–H and O–H groups in total. The van der Waals surface area contributed by atoms with Crippen LogP contribution in [0.15, 0.2) is 0 Å². The molecule has 0 spiro atoms. The normalized spacial score (nSPS) is 8.25. The van der Waals surface area contributed by atoms with Crippen molar-refractivity contribution in [2.75, 3.05) is 0 Å². The summed E-state index contributed by atoms with van der Waals surface area (Å²) < 4.78 is 0. The van der Waals surface area contributed by atoms with Crippen molar-refractivity contribution < 1.29 is 9.83 Å². The van der Waals surface area contributed by atoms with Crippen LogP contribution in [0.5, 0.6) is 0 Å². The lowest BCUT2D eigenvalue weighted by atomic mass is 11.3. The highest BCUT2D eigenvalue weighted by atomic mass is 32.1. The summed E-state index contributed by atoms with van der Waals surface area (Å²) in [6, 6.07) is 0. The van der Waals surface area contributed by atoms with Gasteiger partial charge in [-0.1, -0.05) is 12.6 Å². The van der Waals surface area contributed by atoms with Crippen LogP contribution in [0, 0.1) is 10.1 Å². The van der Waals surface area contributed by atoms with Crippen molar-refractivity contribution in [2.24, 2.45) is 5.84 Å². The van der Waals surface area contributed by atoms with E-state index in [2.05, 4.69) is 18.5 Å². The Labute approximate surface area is 49.7 Å². The molecule has 0 saturated heterocycles. The number of rotatable bonds is 1. The zero-order valence-electron chi connectivity index (χ0n) is 3.64. The highest BCUT2D eigenvalue weighted by Gasteiger charge is 2.13. The SMILES string of the molecule is NN(C(=O)S)[N+](=O)[O-]. The second kappa shape index (κ2) is 2.48. The molecule has 46 valence electrons.